The molecule has 17 heavy (non-hydrogen) atoms. The molecule has 5 heteroatoms. The summed E-state index contributed by atoms with van der Waals surface area (Å²) >= 11 is 7.73. The lowest BCUT2D eigenvalue weighted by Crippen LogP contribution is -2.34. The van der Waals surface area contributed by atoms with E-state index >= 15 is 0 Å². The minimum absolute atomic E-state index is 0.0190. The van der Waals surface area contributed by atoms with Crippen LogP contribution in [0, 0.1) is 12.3 Å². The molecule has 0 bridgehead atoms. The molecule has 0 amide bonds. The summed E-state index contributed by atoms with van der Waals surface area (Å²) in [5.41, 5.74) is 0.200. The Morgan fingerprint density at radius 1 is 1.53 bits per heavy atom. The van der Waals surface area contributed by atoms with Crippen molar-refractivity contribution in [3.8, 4) is 0 Å². The van der Waals surface area contributed by atoms with Crippen LogP contribution in [0.15, 0.2) is 15.5 Å². The van der Waals surface area contributed by atoms with Crippen molar-refractivity contribution in [2.75, 3.05) is 5.75 Å². The van der Waals surface area contributed by atoms with Gasteiger partial charge in [0.1, 0.15) is 10.3 Å². The Kier molecular flexibility index (Phi) is 3.98. The molecule has 0 unspecified atom stereocenters. The molecule has 3 nitrogen and oxygen atoms in total. The zero-order valence-corrected chi connectivity index (χ0v) is 12.4. The Hall–Kier alpha value is -0.290. The van der Waals surface area contributed by atoms with E-state index in [4.69, 9.17) is 0 Å². The first kappa shape index (κ1) is 13.1. The molecule has 1 heterocycles. The molecule has 1 aromatic rings. The Balaban J connectivity index is 2.35. The summed E-state index contributed by atoms with van der Waals surface area (Å²) in [6.07, 6.45) is 6.39. The van der Waals surface area contributed by atoms with Gasteiger partial charge in [0.25, 0.3) is 5.56 Å². The summed E-state index contributed by atoms with van der Waals surface area (Å²) < 4.78 is 2.32. The molecule has 1 fully saturated rings. The van der Waals surface area contributed by atoms with E-state index in [0.29, 0.717) is 4.47 Å². The zero-order chi connectivity index (χ0) is 12.5. The van der Waals surface area contributed by atoms with Crippen LogP contribution in [-0.2, 0) is 6.54 Å². The van der Waals surface area contributed by atoms with Gasteiger partial charge in [-0.25, -0.2) is 4.98 Å². The third-order valence-electron chi connectivity index (χ3n) is 3.70. The molecule has 0 aromatic carbocycles. The Morgan fingerprint density at radius 3 is 2.76 bits per heavy atom. The van der Waals surface area contributed by atoms with E-state index in [0.717, 1.165) is 31.0 Å². The lowest BCUT2D eigenvalue weighted by atomic mass is 9.88. The maximum Gasteiger partial charge on any atom is 0.267 e. The summed E-state index contributed by atoms with van der Waals surface area (Å²) in [5.74, 6) is 1.62. The summed E-state index contributed by atoms with van der Waals surface area (Å²) in [7, 11) is 0. The molecule has 94 valence electrons. The van der Waals surface area contributed by atoms with Crippen molar-refractivity contribution in [1.82, 2.24) is 9.55 Å². The van der Waals surface area contributed by atoms with Gasteiger partial charge in [-0.05, 0) is 46.9 Å². The molecule has 0 radical (unpaired) electrons. The van der Waals surface area contributed by atoms with Gasteiger partial charge in [-0.2, -0.15) is 12.6 Å². The maximum absolute atomic E-state index is 12.1. The van der Waals surface area contributed by atoms with Crippen molar-refractivity contribution in [2.45, 2.75) is 39.2 Å². The van der Waals surface area contributed by atoms with Gasteiger partial charge in [-0.3, -0.25) is 9.36 Å². The van der Waals surface area contributed by atoms with E-state index in [1.807, 2.05) is 6.92 Å². The van der Waals surface area contributed by atoms with Crippen molar-refractivity contribution in [1.29, 1.82) is 0 Å². The fourth-order valence-corrected chi connectivity index (χ4v) is 3.30. The smallest absolute Gasteiger partial charge is 0.267 e. The van der Waals surface area contributed by atoms with Crippen LogP contribution in [0.25, 0.3) is 0 Å². The van der Waals surface area contributed by atoms with E-state index in [2.05, 4.69) is 33.5 Å². The van der Waals surface area contributed by atoms with Gasteiger partial charge in [-0.15, -0.1) is 0 Å². The van der Waals surface area contributed by atoms with Crippen LogP contribution >= 0.6 is 28.6 Å². The van der Waals surface area contributed by atoms with Gasteiger partial charge in [0.2, 0.25) is 0 Å². The number of rotatable bonds is 3. The highest BCUT2D eigenvalue weighted by Crippen LogP contribution is 2.40. The van der Waals surface area contributed by atoms with E-state index in [1.54, 1.807) is 10.8 Å². The summed E-state index contributed by atoms with van der Waals surface area (Å²) in [6.45, 7) is 2.63. The normalized spacial score (nSPS) is 18.5. The third-order valence-corrected chi connectivity index (χ3v) is 4.91. The number of aryl methyl sites for hydroxylation is 1. The Labute approximate surface area is 115 Å². The number of hydrogen-bond donors (Lipinski definition) is 1. The number of aromatic nitrogens is 2. The molecule has 1 saturated carbocycles. The zero-order valence-electron chi connectivity index (χ0n) is 9.95. The van der Waals surface area contributed by atoms with E-state index < -0.39 is 0 Å². The molecule has 1 aromatic heterocycles. The topological polar surface area (TPSA) is 34.9 Å². The summed E-state index contributed by atoms with van der Waals surface area (Å²) in [6, 6.07) is 0. The molecule has 0 aliphatic heterocycles. The van der Waals surface area contributed by atoms with Crippen LogP contribution in [0.2, 0.25) is 0 Å². The predicted octanol–water partition coefficient (Wildman–Crippen LogP) is 2.80. The molecule has 0 spiro atoms. The van der Waals surface area contributed by atoms with Crippen LogP contribution in [0.1, 0.15) is 31.5 Å². The largest absolute Gasteiger partial charge is 0.295 e. The quantitative estimate of drug-likeness (QED) is 0.870. The van der Waals surface area contributed by atoms with Crippen molar-refractivity contribution in [3.63, 3.8) is 0 Å². The third kappa shape index (κ3) is 2.60. The van der Waals surface area contributed by atoms with Gasteiger partial charge < -0.3 is 0 Å². The van der Waals surface area contributed by atoms with Crippen molar-refractivity contribution < 1.29 is 0 Å². The second-order valence-corrected chi connectivity index (χ2v) is 6.08. The first-order valence-electron chi connectivity index (χ1n) is 5.91. The van der Waals surface area contributed by atoms with Gasteiger partial charge in [-0.1, -0.05) is 12.8 Å². The van der Waals surface area contributed by atoms with Crippen LogP contribution in [-0.4, -0.2) is 15.3 Å². The van der Waals surface area contributed by atoms with Gasteiger partial charge >= 0.3 is 0 Å². The second-order valence-electron chi connectivity index (χ2n) is 4.91. The highest BCUT2D eigenvalue weighted by molar-refractivity contribution is 9.10. The maximum atomic E-state index is 12.1. The van der Waals surface area contributed by atoms with E-state index in [9.17, 15) is 4.79 Å². The minimum Gasteiger partial charge on any atom is -0.295 e. The highest BCUT2D eigenvalue weighted by atomic mass is 79.9. The highest BCUT2D eigenvalue weighted by Gasteiger charge is 2.33. The molecule has 1 aliphatic carbocycles. The number of hydrogen-bond acceptors (Lipinski definition) is 3. The standard InChI is InChI=1S/C12H17BrN2OS/c1-9-14-6-10(13)11(16)15(9)7-12(8-17)4-2-3-5-12/h6,17H,2-5,7-8H2,1H3. The summed E-state index contributed by atoms with van der Waals surface area (Å²) in [4.78, 5) is 16.3. The number of halogens is 1. The molecular weight excluding hydrogens is 300 g/mol. The molecule has 0 atom stereocenters. The van der Waals surface area contributed by atoms with Crippen LogP contribution in [0.4, 0.5) is 0 Å². The van der Waals surface area contributed by atoms with Crippen molar-refractivity contribution >= 4 is 28.6 Å². The van der Waals surface area contributed by atoms with Crippen LogP contribution in [0.3, 0.4) is 0 Å². The van der Waals surface area contributed by atoms with Gasteiger partial charge in [0.05, 0.1) is 0 Å². The monoisotopic (exact) mass is 316 g/mol. The van der Waals surface area contributed by atoms with Gasteiger partial charge in [0.15, 0.2) is 0 Å². The Morgan fingerprint density at radius 2 is 2.18 bits per heavy atom. The van der Waals surface area contributed by atoms with Crippen molar-refractivity contribution in [2.24, 2.45) is 5.41 Å². The average Bonchev–Trinajstić information content (AvgIpc) is 2.79. The van der Waals surface area contributed by atoms with E-state index in [-0.39, 0.29) is 11.0 Å². The average molecular weight is 317 g/mol. The fraction of sp³-hybridized carbons (Fsp3) is 0.667. The SMILES string of the molecule is Cc1ncc(Br)c(=O)n1CC1(CS)CCCC1. The Bertz CT molecular complexity index is 466. The number of thiol groups is 1. The van der Waals surface area contributed by atoms with E-state index in [1.165, 1.54) is 12.8 Å². The predicted molar refractivity (Wildman–Crippen MR) is 75.7 cm³/mol. The number of nitrogens with zero attached hydrogens (tertiary/aromatic N) is 2. The minimum atomic E-state index is 0.0190. The molecular formula is C12H17BrN2OS. The van der Waals surface area contributed by atoms with Gasteiger partial charge in [0, 0.05) is 12.7 Å². The summed E-state index contributed by atoms with van der Waals surface area (Å²) in [5, 5.41) is 0. The van der Waals surface area contributed by atoms with Crippen molar-refractivity contribution in [3.05, 3.63) is 26.8 Å². The van der Waals surface area contributed by atoms with Crippen LogP contribution in [0.5, 0.6) is 0 Å². The van der Waals surface area contributed by atoms with Crippen LogP contribution < -0.4 is 5.56 Å². The first-order chi connectivity index (χ1) is 8.08. The fourth-order valence-electron chi connectivity index (χ4n) is 2.56. The molecule has 0 saturated heterocycles. The lowest BCUT2D eigenvalue weighted by molar-refractivity contribution is 0.281. The second kappa shape index (κ2) is 5.14. The molecule has 2 rings (SSSR count). The first-order valence-corrected chi connectivity index (χ1v) is 7.33. The molecule has 1 aliphatic rings. The molecule has 0 N–H and O–H groups in total. The lowest BCUT2D eigenvalue weighted by Gasteiger charge is -2.28.